The largest absolute Gasteiger partial charge is 1.00 e. The van der Waals surface area contributed by atoms with Crippen molar-refractivity contribution in [2.75, 3.05) is 5.32 Å². The number of nitrogens with one attached hydrogen (secondary N) is 1. The van der Waals surface area contributed by atoms with Crippen LogP contribution in [0.5, 0.6) is 0 Å². The maximum Gasteiger partial charge on any atom is 1.00 e. The maximum atomic E-state index is 10.1. The van der Waals surface area contributed by atoms with E-state index in [0.29, 0.717) is 5.69 Å². The van der Waals surface area contributed by atoms with Gasteiger partial charge in [-0.2, -0.15) is 0 Å². The number of hydrogen-bond donors (Lipinski definition) is 2. The number of amides is 1. The summed E-state index contributed by atoms with van der Waals surface area (Å²) < 4.78 is 0. The van der Waals surface area contributed by atoms with Crippen LogP contribution in [0.4, 0.5) is 10.5 Å². The number of anilines is 1. The molecule has 1 aromatic rings. The molecule has 1 rings (SSSR count). The number of para-hydroxylation sites is 1. The van der Waals surface area contributed by atoms with Crippen molar-refractivity contribution in [2.24, 2.45) is 0 Å². The third-order valence-electron chi connectivity index (χ3n) is 1.03. The molecule has 0 atom stereocenters. The van der Waals surface area contributed by atoms with Gasteiger partial charge in [0.05, 0.1) is 0 Å². The number of hydrogen-bond acceptors (Lipinski definition) is 1. The molecule has 0 aliphatic heterocycles. The second-order valence-corrected chi connectivity index (χ2v) is 1.80. The van der Waals surface area contributed by atoms with E-state index in [1.807, 2.05) is 6.07 Å². The Bertz CT molecular complexity index is 230. The van der Waals surface area contributed by atoms with Gasteiger partial charge in [-0.25, -0.2) is 4.79 Å². The van der Waals surface area contributed by atoms with Crippen molar-refractivity contribution in [3.8, 4) is 0 Å². The van der Waals surface area contributed by atoms with Gasteiger partial charge in [0.25, 0.3) is 0 Å². The first-order valence-corrected chi connectivity index (χ1v) is 2.84. The van der Waals surface area contributed by atoms with Crippen molar-refractivity contribution < 1.29 is 40.9 Å². The van der Waals surface area contributed by atoms with Gasteiger partial charge in [0.2, 0.25) is 0 Å². The van der Waals surface area contributed by atoms with Crippen LogP contribution >= 0.6 is 0 Å². The molecule has 0 saturated heterocycles. The van der Waals surface area contributed by atoms with Crippen molar-refractivity contribution in [2.45, 2.75) is 0 Å². The SMILES string of the molecule is O=C(O)Nc1ccccc1.[H-].[Na+]. The summed E-state index contributed by atoms with van der Waals surface area (Å²) in [6, 6.07) is 8.74. The minimum absolute atomic E-state index is 0. The Kier molecular flexibility index (Phi) is 4.94. The van der Waals surface area contributed by atoms with Gasteiger partial charge in [0.15, 0.2) is 0 Å². The Morgan fingerprint density at radius 3 is 2.36 bits per heavy atom. The summed E-state index contributed by atoms with van der Waals surface area (Å²) in [6.45, 7) is 0. The number of benzene rings is 1. The monoisotopic (exact) mass is 161 g/mol. The van der Waals surface area contributed by atoms with E-state index in [1.165, 1.54) is 0 Å². The average molecular weight is 161 g/mol. The zero-order valence-corrected chi connectivity index (χ0v) is 8.24. The molecule has 1 amide bonds. The molecule has 0 aliphatic rings. The summed E-state index contributed by atoms with van der Waals surface area (Å²) in [7, 11) is 0. The smallest absolute Gasteiger partial charge is 1.00 e. The molecular formula is C7H8NNaO2. The van der Waals surface area contributed by atoms with E-state index in [9.17, 15) is 4.79 Å². The summed E-state index contributed by atoms with van der Waals surface area (Å²) in [5, 5.41) is 10.5. The van der Waals surface area contributed by atoms with Crippen molar-refractivity contribution in [1.82, 2.24) is 0 Å². The topological polar surface area (TPSA) is 49.3 Å². The van der Waals surface area contributed by atoms with E-state index in [2.05, 4.69) is 5.32 Å². The van der Waals surface area contributed by atoms with Crippen LogP contribution in [0.15, 0.2) is 30.3 Å². The van der Waals surface area contributed by atoms with Crippen LogP contribution in [-0.2, 0) is 0 Å². The third kappa shape index (κ3) is 4.03. The van der Waals surface area contributed by atoms with Gasteiger partial charge in [0, 0.05) is 5.69 Å². The van der Waals surface area contributed by atoms with Crippen LogP contribution in [0.25, 0.3) is 0 Å². The Hall–Kier alpha value is -0.510. The standard InChI is InChI=1S/C7H7NO2.Na.H/c9-7(10)8-6-4-2-1-3-5-6;;/h1-5,8H,(H,9,10);;/q;+1;-1. The Labute approximate surface area is 88.2 Å². The molecule has 1 aromatic carbocycles. The predicted octanol–water partition coefficient (Wildman–Crippen LogP) is -1.11. The van der Waals surface area contributed by atoms with E-state index < -0.39 is 6.09 Å². The summed E-state index contributed by atoms with van der Waals surface area (Å²) >= 11 is 0. The van der Waals surface area contributed by atoms with Crippen LogP contribution in [0.1, 0.15) is 1.43 Å². The molecule has 2 N–H and O–H groups in total. The van der Waals surface area contributed by atoms with Gasteiger partial charge in [0.1, 0.15) is 0 Å². The first-order chi connectivity index (χ1) is 4.79. The number of rotatable bonds is 1. The fourth-order valence-electron chi connectivity index (χ4n) is 0.645. The number of carbonyl (C=O) groups is 1. The van der Waals surface area contributed by atoms with E-state index in [0.717, 1.165) is 0 Å². The third-order valence-corrected chi connectivity index (χ3v) is 1.03. The molecule has 0 fully saturated rings. The molecule has 0 radical (unpaired) electrons. The molecule has 3 nitrogen and oxygen atoms in total. The molecule has 11 heavy (non-hydrogen) atoms. The Morgan fingerprint density at radius 2 is 1.91 bits per heavy atom. The average Bonchev–Trinajstić information content (AvgIpc) is 1.88. The van der Waals surface area contributed by atoms with E-state index in [1.54, 1.807) is 24.3 Å². The van der Waals surface area contributed by atoms with Crippen molar-refractivity contribution in [3.05, 3.63) is 30.3 Å². The zero-order valence-electron chi connectivity index (χ0n) is 7.24. The van der Waals surface area contributed by atoms with E-state index in [4.69, 9.17) is 5.11 Å². The summed E-state index contributed by atoms with van der Waals surface area (Å²) in [5.74, 6) is 0. The van der Waals surface area contributed by atoms with E-state index in [-0.39, 0.29) is 31.0 Å². The van der Waals surface area contributed by atoms with Gasteiger partial charge >= 0.3 is 35.7 Å². The molecule has 0 heterocycles. The van der Waals surface area contributed by atoms with Crippen molar-refractivity contribution in [3.63, 3.8) is 0 Å². The number of carboxylic acid groups (broad SMARTS) is 1. The Morgan fingerprint density at radius 1 is 1.36 bits per heavy atom. The van der Waals surface area contributed by atoms with Crippen molar-refractivity contribution >= 4 is 11.8 Å². The first-order valence-electron chi connectivity index (χ1n) is 2.84. The van der Waals surface area contributed by atoms with Crippen molar-refractivity contribution in [1.29, 1.82) is 0 Å². The fourth-order valence-corrected chi connectivity index (χ4v) is 0.645. The fraction of sp³-hybridized carbons (Fsp3) is 0. The van der Waals surface area contributed by atoms with Crippen LogP contribution < -0.4 is 34.9 Å². The second kappa shape index (κ2) is 5.18. The molecule has 0 bridgehead atoms. The molecular weight excluding hydrogens is 153 g/mol. The second-order valence-electron chi connectivity index (χ2n) is 1.80. The quantitative estimate of drug-likeness (QED) is 0.513. The molecule has 0 saturated carbocycles. The van der Waals surface area contributed by atoms with Gasteiger partial charge in [-0.05, 0) is 12.1 Å². The first kappa shape index (κ1) is 10.5. The minimum atomic E-state index is -1.04. The van der Waals surface area contributed by atoms with Crippen LogP contribution in [0.3, 0.4) is 0 Å². The maximum absolute atomic E-state index is 10.1. The summed E-state index contributed by atoms with van der Waals surface area (Å²) in [5.41, 5.74) is 0.593. The Balaban J connectivity index is 0. The van der Waals surface area contributed by atoms with Gasteiger partial charge in [-0.15, -0.1) is 0 Å². The van der Waals surface area contributed by atoms with Gasteiger partial charge < -0.3 is 6.53 Å². The predicted molar refractivity (Wildman–Crippen MR) is 39.2 cm³/mol. The molecule has 0 aromatic heterocycles. The molecule has 4 heteroatoms. The van der Waals surface area contributed by atoms with Gasteiger partial charge in [-0.1, -0.05) is 18.2 Å². The zero-order chi connectivity index (χ0) is 7.40. The molecule has 0 aliphatic carbocycles. The van der Waals surface area contributed by atoms with Gasteiger partial charge in [-0.3, -0.25) is 5.32 Å². The van der Waals surface area contributed by atoms with Crippen LogP contribution in [-0.4, -0.2) is 11.2 Å². The van der Waals surface area contributed by atoms with E-state index >= 15 is 0 Å². The van der Waals surface area contributed by atoms with Crippen LogP contribution in [0, 0.1) is 0 Å². The van der Waals surface area contributed by atoms with Crippen LogP contribution in [0.2, 0.25) is 0 Å². The minimum Gasteiger partial charge on any atom is -1.00 e. The molecule has 0 unspecified atom stereocenters. The molecule has 0 spiro atoms. The summed E-state index contributed by atoms with van der Waals surface area (Å²) in [6.07, 6.45) is -1.04. The molecule has 54 valence electrons. The normalized spacial score (nSPS) is 8.00. The summed E-state index contributed by atoms with van der Waals surface area (Å²) in [4.78, 5) is 10.1.